The first-order valence-corrected chi connectivity index (χ1v) is 5.48. The van der Waals surface area contributed by atoms with Crippen molar-refractivity contribution in [1.29, 1.82) is 0 Å². The molecule has 0 atom stereocenters. The van der Waals surface area contributed by atoms with E-state index < -0.39 is 17.4 Å². The maximum Gasteiger partial charge on any atom is 1.00 e. The normalized spacial score (nSPS) is 10.0. The van der Waals surface area contributed by atoms with Crippen LogP contribution in [-0.4, -0.2) is 22.2 Å². The standard InChI is InChI=1S/C11H20O4.K.Na.2H/c1-3-5-7-11(9(12)13,10(14)15)8-6-4-2;;;;/h3-8H2,1-2H3,(H,12,13)(H,14,15);;;;/q;2*+1;2*-1. The predicted octanol–water partition coefficient (Wildman–Crippen LogP) is -3.24. The van der Waals surface area contributed by atoms with Crippen LogP contribution in [0, 0.1) is 5.41 Å². The number of hydrogen-bond acceptors (Lipinski definition) is 2. The van der Waals surface area contributed by atoms with Crippen LogP contribution >= 0.6 is 0 Å². The third-order valence-electron chi connectivity index (χ3n) is 2.73. The smallest absolute Gasteiger partial charge is 1.00 e. The average molecular weight is 280 g/mol. The zero-order chi connectivity index (χ0) is 11.9. The Balaban J connectivity index is -0.000000163. The second kappa shape index (κ2) is 12.6. The van der Waals surface area contributed by atoms with Crippen LogP contribution in [0.15, 0.2) is 0 Å². The molecule has 0 aliphatic rings. The molecule has 0 aromatic rings. The Morgan fingerprint density at radius 3 is 1.47 bits per heavy atom. The van der Waals surface area contributed by atoms with Gasteiger partial charge in [0.05, 0.1) is 0 Å². The van der Waals surface area contributed by atoms with Crippen LogP contribution in [0.2, 0.25) is 0 Å². The maximum atomic E-state index is 11.1. The van der Waals surface area contributed by atoms with Gasteiger partial charge in [-0.2, -0.15) is 0 Å². The summed E-state index contributed by atoms with van der Waals surface area (Å²) in [5.41, 5.74) is -1.56. The summed E-state index contributed by atoms with van der Waals surface area (Å²) in [6.07, 6.45) is 3.37. The largest absolute Gasteiger partial charge is 1.00 e. The SMILES string of the molecule is CCCCC(CCCC)(C(=O)O)C(=O)O.[H-].[H-].[K+].[Na+]. The third-order valence-corrected chi connectivity index (χ3v) is 2.73. The maximum absolute atomic E-state index is 11.1. The van der Waals surface area contributed by atoms with Gasteiger partial charge < -0.3 is 13.1 Å². The molecule has 0 aromatic carbocycles. The molecule has 0 rings (SSSR count). The Hall–Kier alpha value is 1.58. The van der Waals surface area contributed by atoms with Crippen molar-refractivity contribution in [3.8, 4) is 0 Å². The number of unbranched alkanes of at least 4 members (excludes halogenated alkanes) is 2. The molecule has 0 fully saturated rings. The van der Waals surface area contributed by atoms with Gasteiger partial charge in [-0.3, -0.25) is 9.59 Å². The molecule has 0 unspecified atom stereocenters. The van der Waals surface area contributed by atoms with Gasteiger partial charge in [-0.1, -0.05) is 39.5 Å². The van der Waals surface area contributed by atoms with Crippen molar-refractivity contribution in [3.63, 3.8) is 0 Å². The van der Waals surface area contributed by atoms with Crippen LogP contribution in [-0.2, 0) is 9.59 Å². The predicted molar refractivity (Wildman–Crippen MR) is 59.0 cm³/mol. The molecule has 0 amide bonds. The molecule has 0 heterocycles. The van der Waals surface area contributed by atoms with Crippen LogP contribution in [0.1, 0.15) is 55.2 Å². The summed E-state index contributed by atoms with van der Waals surface area (Å²) in [6, 6.07) is 0. The second-order valence-corrected chi connectivity index (χ2v) is 3.90. The van der Waals surface area contributed by atoms with Gasteiger partial charge in [0.25, 0.3) is 0 Å². The zero-order valence-corrected chi connectivity index (χ0v) is 16.6. The van der Waals surface area contributed by atoms with Gasteiger partial charge >= 0.3 is 92.9 Å². The molecule has 17 heavy (non-hydrogen) atoms. The molecule has 0 radical (unpaired) electrons. The van der Waals surface area contributed by atoms with Crippen LogP contribution in [0.25, 0.3) is 0 Å². The first kappa shape index (κ1) is 23.7. The van der Waals surface area contributed by atoms with E-state index in [-0.39, 0.29) is 96.6 Å². The van der Waals surface area contributed by atoms with E-state index in [0.717, 1.165) is 12.8 Å². The molecule has 92 valence electrons. The minimum atomic E-state index is -1.56. The van der Waals surface area contributed by atoms with Gasteiger partial charge in [0.2, 0.25) is 0 Å². The van der Waals surface area contributed by atoms with Crippen molar-refractivity contribution in [2.24, 2.45) is 5.41 Å². The summed E-state index contributed by atoms with van der Waals surface area (Å²) in [7, 11) is 0. The molecular weight excluding hydrogens is 258 g/mol. The average Bonchev–Trinajstić information content (AvgIpc) is 2.17. The molecule has 0 bridgehead atoms. The minimum Gasteiger partial charge on any atom is -1.00 e. The van der Waals surface area contributed by atoms with E-state index in [2.05, 4.69) is 0 Å². The third kappa shape index (κ3) is 7.67. The second-order valence-electron chi connectivity index (χ2n) is 3.90. The number of carbonyl (C=O) groups is 2. The molecule has 0 aliphatic carbocycles. The minimum absolute atomic E-state index is 0. The fourth-order valence-corrected chi connectivity index (χ4v) is 1.60. The number of aliphatic carboxylic acids is 2. The Morgan fingerprint density at radius 1 is 1.00 bits per heavy atom. The fourth-order valence-electron chi connectivity index (χ4n) is 1.60. The van der Waals surface area contributed by atoms with E-state index in [9.17, 15) is 9.59 Å². The van der Waals surface area contributed by atoms with E-state index in [1.807, 2.05) is 13.8 Å². The summed E-state index contributed by atoms with van der Waals surface area (Å²) in [6.45, 7) is 3.85. The van der Waals surface area contributed by atoms with Crippen molar-refractivity contribution in [1.82, 2.24) is 0 Å². The van der Waals surface area contributed by atoms with Crippen LogP contribution in [0.3, 0.4) is 0 Å². The zero-order valence-electron chi connectivity index (χ0n) is 13.5. The van der Waals surface area contributed by atoms with Gasteiger partial charge in [0, 0.05) is 0 Å². The van der Waals surface area contributed by atoms with E-state index in [0.29, 0.717) is 12.8 Å². The number of carboxylic acids is 2. The summed E-state index contributed by atoms with van der Waals surface area (Å²) in [5, 5.41) is 18.1. The van der Waals surface area contributed by atoms with Crippen molar-refractivity contribution in [2.45, 2.75) is 52.4 Å². The van der Waals surface area contributed by atoms with Crippen molar-refractivity contribution >= 4 is 11.9 Å². The summed E-state index contributed by atoms with van der Waals surface area (Å²) >= 11 is 0. The molecular formula is C11H22KNaO4. The summed E-state index contributed by atoms with van der Waals surface area (Å²) in [5.74, 6) is -2.39. The number of hydrogen-bond donors (Lipinski definition) is 2. The number of carboxylic acid groups (broad SMARTS) is 2. The van der Waals surface area contributed by atoms with Crippen LogP contribution in [0.5, 0.6) is 0 Å². The van der Waals surface area contributed by atoms with Gasteiger partial charge in [-0.05, 0) is 12.8 Å². The van der Waals surface area contributed by atoms with Crippen molar-refractivity contribution in [2.75, 3.05) is 0 Å². The first-order chi connectivity index (χ1) is 7.01. The Labute approximate surface area is 171 Å². The molecule has 4 nitrogen and oxygen atoms in total. The molecule has 0 saturated heterocycles. The molecule has 0 aliphatic heterocycles. The van der Waals surface area contributed by atoms with E-state index in [1.54, 1.807) is 0 Å². The Kier molecular flexibility index (Phi) is 17.5. The topological polar surface area (TPSA) is 74.6 Å². The molecule has 0 aromatic heterocycles. The van der Waals surface area contributed by atoms with E-state index >= 15 is 0 Å². The van der Waals surface area contributed by atoms with E-state index in [1.165, 1.54) is 0 Å². The monoisotopic (exact) mass is 280 g/mol. The van der Waals surface area contributed by atoms with Crippen LogP contribution in [0.4, 0.5) is 0 Å². The van der Waals surface area contributed by atoms with Crippen molar-refractivity contribution < 1.29 is 104 Å². The van der Waals surface area contributed by atoms with Gasteiger partial charge in [0.1, 0.15) is 0 Å². The summed E-state index contributed by atoms with van der Waals surface area (Å²) in [4.78, 5) is 22.2. The van der Waals surface area contributed by atoms with Gasteiger partial charge in [-0.15, -0.1) is 0 Å². The Morgan fingerprint density at radius 2 is 1.29 bits per heavy atom. The fraction of sp³-hybridized carbons (Fsp3) is 0.818. The quantitative estimate of drug-likeness (QED) is 0.362. The number of rotatable bonds is 8. The van der Waals surface area contributed by atoms with Crippen molar-refractivity contribution in [3.05, 3.63) is 0 Å². The van der Waals surface area contributed by atoms with Gasteiger partial charge in [-0.25, -0.2) is 0 Å². The Bertz CT molecular complexity index is 219. The van der Waals surface area contributed by atoms with Gasteiger partial charge in [0.15, 0.2) is 5.41 Å². The molecule has 0 saturated carbocycles. The molecule has 0 spiro atoms. The summed E-state index contributed by atoms with van der Waals surface area (Å²) < 4.78 is 0. The molecule has 6 heteroatoms. The first-order valence-electron chi connectivity index (χ1n) is 5.48. The molecule has 2 N–H and O–H groups in total. The van der Waals surface area contributed by atoms with Crippen LogP contribution < -0.4 is 80.9 Å². The van der Waals surface area contributed by atoms with E-state index in [4.69, 9.17) is 10.2 Å².